The summed E-state index contributed by atoms with van der Waals surface area (Å²) in [5.74, 6) is -2.85. The third-order valence-corrected chi connectivity index (χ3v) is 2.82. The van der Waals surface area contributed by atoms with E-state index in [4.69, 9.17) is 9.84 Å². The molecular weight excluding hydrogens is 299 g/mol. The largest absolute Gasteiger partial charge is 0.496 e. The summed E-state index contributed by atoms with van der Waals surface area (Å²) in [4.78, 5) is 22.1. The smallest absolute Gasteiger partial charge is 0.442 e. The lowest BCUT2D eigenvalue weighted by Gasteiger charge is -2.10. The monoisotopic (exact) mass is 309 g/mol. The molecule has 2 N–H and O–H groups in total. The lowest BCUT2D eigenvalue weighted by Crippen LogP contribution is -2.17. The van der Waals surface area contributed by atoms with Gasteiger partial charge in [-0.15, -0.1) is 0 Å². The quantitative estimate of drug-likeness (QED) is 0.874. The van der Waals surface area contributed by atoms with Crippen LogP contribution >= 0.6 is 11.8 Å². The maximum absolute atomic E-state index is 11.9. The molecule has 0 unspecified atom stereocenters. The van der Waals surface area contributed by atoms with Crippen LogP contribution in [0.1, 0.15) is 10.4 Å². The van der Waals surface area contributed by atoms with Crippen LogP contribution in [0.5, 0.6) is 5.75 Å². The molecule has 9 heteroatoms. The average Bonchev–Trinajstić information content (AvgIpc) is 2.35. The molecule has 0 radical (unpaired) electrons. The minimum Gasteiger partial charge on any atom is -0.496 e. The summed E-state index contributed by atoms with van der Waals surface area (Å²) in [6.45, 7) is 0. The van der Waals surface area contributed by atoms with Crippen molar-refractivity contribution in [2.24, 2.45) is 0 Å². The van der Waals surface area contributed by atoms with E-state index in [2.05, 4.69) is 5.32 Å². The van der Waals surface area contributed by atoms with Crippen molar-refractivity contribution < 1.29 is 32.6 Å². The molecule has 0 aliphatic carbocycles. The number of alkyl halides is 3. The zero-order valence-electron chi connectivity index (χ0n) is 10.2. The van der Waals surface area contributed by atoms with E-state index in [0.717, 1.165) is 0 Å². The molecular formula is C11H10F3NO4S. The van der Waals surface area contributed by atoms with Crippen molar-refractivity contribution in [1.29, 1.82) is 0 Å². The van der Waals surface area contributed by atoms with Gasteiger partial charge in [-0.05, 0) is 23.9 Å². The Bertz CT molecular complexity index is 519. The Kier molecular flexibility index (Phi) is 5.26. The number of hydrogen-bond donors (Lipinski definition) is 2. The second-order valence-corrected chi connectivity index (χ2v) is 4.54. The summed E-state index contributed by atoms with van der Waals surface area (Å²) in [7, 11) is 1.24. The van der Waals surface area contributed by atoms with Gasteiger partial charge in [0.15, 0.2) is 0 Å². The van der Waals surface area contributed by atoms with Crippen molar-refractivity contribution >= 4 is 29.3 Å². The van der Waals surface area contributed by atoms with Crippen molar-refractivity contribution in [3.05, 3.63) is 23.8 Å². The molecule has 0 fully saturated rings. The standard InChI is InChI=1S/C11H10F3NO4S/c1-19-8-4-6(2-3-7(8)10(17)18)15-9(16)5-20-11(12,13)14/h2-4H,5H2,1H3,(H,15,16)(H,17,18). The molecule has 0 aliphatic rings. The van der Waals surface area contributed by atoms with E-state index in [1.165, 1.54) is 25.3 Å². The molecule has 0 bridgehead atoms. The molecule has 5 nitrogen and oxygen atoms in total. The first-order chi connectivity index (χ1) is 9.23. The van der Waals surface area contributed by atoms with E-state index in [-0.39, 0.29) is 17.0 Å². The third-order valence-electron chi connectivity index (χ3n) is 2.08. The van der Waals surface area contributed by atoms with Crippen LogP contribution in [0.2, 0.25) is 0 Å². The van der Waals surface area contributed by atoms with E-state index in [1.807, 2.05) is 0 Å². The number of benzene rings is 1. The highest BCUT2D eigenvalue weighted by molar-refractivity contribution is 8.00. The van der Waals surface area contributed by atoms with Gasteiger partial charge in [0.05, 0.1) is 12.9 Å². The number of aromatic carboxylic acids is 1. The molecule has 0 aliphatic heterocycles. The first-order valence-electron chi connectivity index (χ1n) is 5.15. The fourth-order valence-electron chi connectivity index (χ4n) is 1.29. The van der Waals surface area contributed by atoms with Gasteiger partial charge in [-0.25, -0.2) is 4.79 Å². The highest BCUT2D eigenvalue weighted by atomic mass is 32.2. The Balaban J connectivity index is 2.74. The minimum atomic E-state index is -4.48. The summed E-state index contributed by atoms with van der Waals surface area (Å²) in [5, 5.41) is 11.1. The van der Waals surface area contributed by atoms with Gasteiger partial charge in [-0.2, -0.15) is 13.2 Å². The molecule has 0 spiro atoms. The van der Waals surface area contributed by atoms with Crippen LogP contribution in [-0.4, -0.2) is 35.4 Å². The molecule has 110 valence electrons. The summed E-state index contributed by atoms with van der Waals surface area (Å²) in [6, 6.07) is 3.68. The maximum Gasteiger partial charge on any atom is 0.442 e. The van der Waals surface area contributed by atoms with Crippen LogP contribution in [0.3, 0.4) is 0 Å². The summed E-state index contributed by atoms with van der Waals surface area (Å²) < 4.78 is 40.6. The molecule has 0 atom stereocenters. The second-order valence-electron chi connectivity index (χ2n) is 3.50. The van der Waals surface area contributed by atoms with Crippen LogP contribution < -0.4 is 10.1 Å². The van der Waals surface area contributed by atoms with Gasteiger partial charge in [0.2, 0.25) is 5.91 Å². The van der Waals surface area contributed by atoms with Gasteiger partial charge in [0.1, 0.15) is 11.3 Å². The van der Waals surface area contributed by atoms with Crippen molar-refractivity contribution in [3.63, 3.8) is 0 Å². The number of methoxy groups -OCH3 is 1. The van der Waals surface area contributed by atoms with Crippen LogP contribution in [-0.2, 0) is 4.79 Å². The number of nitrogens with one attached hydrogen (secondary N) is 1. The van der Waals surface area contributed by atoms with E-state index in [1.54, 1.807) is 0 Å². The fraction of sp³-hybridized carbons (Fsp3) is 0.273. The number of halogens is 3. The lowest BCUT2D eigenvalue weighted by atomic mass is 10.2. The molecule has 0 saturated heterocycles. The first kappa shape index (κ1) is 16.2. The first-order valence-corrected chi connectivity index (χ1v) is 6.13. The average molecular weight is 309 g/mol. The van der Waals surface area contributed by atoms with E-state index < -0.39 is 34.9 Å². The lowest BCUT2D eigenvalue weighted by molar-refractivity contribution is -0.114. The zero-order chi connectivity index (χ0) is 15.3. The van der Waals surface area contributed by atoms with Crippen LogP contribution in [0.25, 0.3) is 0 Å². The predicted molar refractivity (Wildman–Crippen MR) is 67.1 cm³/mol. The van der Waals surface area contributed by atoms with Crippen molar-refractivity contribution in [1.82, 2.24) is 0 Å². The van der Waals surface area contributed by atoms with Gasteiger partial charge < -0.3 is 15.2 Å². The number of carboxylic acids is 1. The van der Waals surface area contributed by atoms with Crippen molar-refractivity contribution in [2.75, 3.05) is 18.2 Å². The number of rotatable bonds is 5. The van der Waals surface area contributed by atoms with E-state index in [0.29, 0.717) is 0 Å². The number of carboxylic acid groups (broad SMARTS) is 1. The van der Waals surface area contributed by atoms with E-state index in [9.17, 15) is 22.8 Å². The number of carbonyl (C=O) groups is 2. The summed E-state index contributed by atoms with van der Waals surface area (Å²) in [6.07, 6.45) is 0. The SMILES string of the molecule is COc1cc(NC(=O)CSC(F)(F)F)ccc1C(=O)O. The number of amides is 1. The molecule has 1 rings (SSSR count). The highest BCUT2D eigenvalue weighted by Crippen LogP contribution is 2.30. The van der Waals surface area contributed by atoms with Gasteiger partial charge in [0.25, 0.3) is 0 Å². The Morgan fingerprint density at radius 2 is 2.05 bits per heavy atom. The fourth-order valence-corrected chi connectivity index (χ4v) is 1.66. The Morgan fingerprint density at radius 3 is 2.55 bits per heavy atom. The number of hydrogen-bond acceptors (Lipinski definition) is 4. The van der Waals surface area contributed by atoms with Crippen molar-refractivity contribution in [2.45, 2.75) is 5.51 Å². The Labute approximate surface area is 116 Å². The minimum absolute atomic E-state index is 0.00113. The van der Waals surface area contributed by atoms with Gasteiger partial charge in [-0.3, -0.25) is 4.79 Å². The van der Waals surface area contributed by atoms with Gasteiger partial charge in [-0.1, -0.05) is 0 Å². The molecule has 0 saturated carbocycles. The van der Waals surface area contributed by atoms with Crippen LogP contribution in [0, 0.1) is 0 Å². The number of carbonyl (C=O) groups excluding carboxylic acids is 1. The number of anilines is 1. The highest BCUT2D eigenvalue weighted by Gasteiger charge is 2.29. The molecule has 0 aromatic heterocycles. The molecule has 1 aromatic carbocycles. The van der Waals surface area contributed by atoms with Crippen LogP contribution in [0.15, 0.2) is 18.2 Å². The number of ether oxygens (including phenoxy) is 1. The van der Waals surface area contributed by atoms with Crippen molar-refractivity contribution in [3.8, 4) is 5.75 Å². The predicted octanol–water partition coefficient (Wildman–Crippen LogP) is 2.58. The second kappa shape index (κ2) is 6.51. The van der Waals surface area contributed by atoms with Crippen LogP contribution in [0.4, 0.5) is 18.9 Å². The van der Waals surface area contributed by atoms with Gasteiger partial charge >= 0.3 is 11.5 Å². The molecule has 1 amide bonds. The topological polar surface area (TPSA) is 75.6 Å². The Morgan fingerprint density at radius 1 is 1.40 bits per heavy atom. The molecule has 20 heavy (non-hydrogen) atoms. The normalized spacial score (nSPS) is 11.0. The van der Waals surface area contributed by atoms with E-state index >= 15 is 0 Å². The molecule has 0 heterocycles. The zero-order valence-corrected chi connectivity index (χ0v) is 11.0. The Hall–Kier alpha value is -1.90. The third kappa shape index (κ3) is 5.00. The van der Waals surface area contributed by atoms with Gasteiger partial charge in [0, 0.05) is 11.8 Å². The summed E-state index contributed by atoms with van der Waals surface area (Å²) >= 11 is -0.458. The number of thioether (sulfide) groups is 1. The summed E-state index contributed by atoms with van der Waals surface area (Å²) in [5.41, 5.74) is -4.45. The molecule has 1 aromatic rings. The maximum atomic E-state index is 11.9.